The molecule has 164 valence electrons. The number of carbonyl (C=O) groups excluding carboxylic acids is 1. The van der Waals surface area contributed by atoms with E-state index in [1.165, 1.54) is 4.57 Å². The van der Waals surface area contributed by atoms with Crippen LogP contribution in [-0.4, -0.2) is 38.6 Å². The Morgan fingerprint density at radius 1 is 1.16 bits per heavy atom. The number of piperidine rings is 1. The molecular weight excluding hydrogens is 408 g/mol. The first-order valence-electron chi connectivity index (χ1n) is 10.8. The van der Waals surface area contributed by atoms with Crippen molar-refractivity contribution in [3.8, 4) is 11.4 Å². The molecule has 8 nitrogen and oxygen atoms in total. The van der Waals surface area contributed by atoms with Crippen LogP contribution in [0.15, 0.2) is 62.3 Å². The van der Waals surface area contributed by atoms with Crippen molar-refractivity contribution in [1.29, 1.82) is 0 Å². The van der Waals surface area contributed by atoms with E-state index in [1.54, 1.807) is 18.2 Å². The molecule has 0 aliphatic carbocycles. The summed E-state index contributed by atoms with van der Waals surface area (Å²) in [5.41, 5.74) is 3.17. The molecule has 2 aromatic heterocycles. The molecule has 1 aliphatic rings. The minimum atomic E-state index is -0.511. The monoisotopic (exact) mass is 432 g/mol. The van der Waals surface area contributed by atoms with Crippen molar-refractivity contribution in [3.05, 3.63) is 70.5 Å². The summed E-state index contributed by atoms with van der Waals surface area (Å²) < 4.78 is 12.1. The second kappa shape index (κ2) is 8.45. The Kier molecular flexibility index (Phi) is 5.34. The lowest BCUT2D eigenvalue weighted by Crippen LogP contribution is -2.42. The molecule has 8 heteroatoms. The second-order valence-corrected chi connectivity index (χ2v) is 8.30. The van der Waals surface area contributed by atoms with E-state index in [4.69, 9.17) is 8.94 Å². The Hall–Kier alpha value is -3.68. The third-order valence-corrected chi connectivity index (χ3v) is 6.06. The van der Waals surface area contributed by atoms with Gasteiger partial charge in [-0.15, -0.1) is 0 Å². The number of amides is 1. The number of nitrogens with zero attached hydrogens (tertiary/aromatic N) is 4. The first kappa shape index (κ1) is 20.2. The molecular formula is C24H24N4O4. The summed E-state index contributed by atoms with van der Waals surface area (Å²) in [6, 6.07) is 15.1. The van der Waals surface area contributed by atoms with E-state index in [0.29, 0.717) is 42.3 Å². The number of likely N-dealkylation sites (tertiary alicyclic amines) is 1. The van der Waals surface area contributed by atoms with Gasteiger partial charge in [0.05, 0.1) is 5.52 Å². The Bertz CT molecular complexity index is 1320. The highest BCUT2D eigenvalue weighted by molar-refractivity contribution is 5.79. The molecule has 0 bridgehead atoms. The fourth-order valence-electron chi connectivity index (χ4n) is 4.38. The van der Waals surface area contributed by atoms with Gasteiger partial charge in [0.2, 0.25) is 17.6 Å². The van der Waals surface area contributed by atoms with Crippen LogP contribution in [0.25, 0.3) is 22.5 Å². The molecule has 0 saturated carbocycles. The van der Waals surface area contributed by atoms with Crippen LogP contribution in [0.5, 0.6) is 0 Å². The smallest absolute Gasteiger partial charge is 0.408 e. The quantitative estimate of drug-likeness (QED) is 0.480. The topological polar surface area (TPSA) is 94.4 Å². The fourth-order valence-corrected chi connectivity index (χ4v) is 4.38. The lowest BCUT2D eigenvalue weighted by atomic mass is 9.94. The van der Waals surface area contributed by atoms with Gasteiger partial charge in [0, 0.05) is 25.1 Å². The minimum Gasteiger partial charge on any atom is -0.408 e. The van der Waals surface area contributed by atoms with Gasteiger partial charge in [-0.1, -0.05) is 41.6 Å². The van der Waals surface area contributed by atoms with Crippen LogP contribution in [0.3, 0.4) is 0 Å². The summed E-state index contributed by atoms with van der Waals surface area (Å²) in [7, 11) is 0. The molecule has 32 heavy (non-hydrogen) atoms. The van der Waals surface area contributed by atoms with Gasteiger partial charge in [-0.25, -0.2) is 4.79 Å². The van der Waals surface area contributed by atoms with Gasteiger partial charge >= 0.3 is 5.76 Å². The van der Waals surface area contributed by atoms with E-state index in [2.05, 4.69) is 10.1 Å². The van der Waals surface area contributed by atoms with E-state index in [9.17, 15) is 9.59 Å². The van der Waals surface area contributed by atoms with E-state index in [-0.39, 0.29) is 18.4 Å². The van der Waals surface area contributed by atoms with Crippen molar-refractivity contribution in [2.75, 3.05) is 13.1 Å². The number of oxazole rings is 1. The van der Waals surface area contributed by atoms with Crippen LogP contribution in [0.4, 0.5) is 0 Å². The number of aryl methyl sites for hydroxylation is 1. The summed E-state index contributed by atoms with van der Waals surface area (Å²) in [6.45, 7) is 3.27. The molecule has 1 aliphatic heterocycles. The predicted molar refractivity (Wildman–Crippen MR) is 118 cm³/mol. The minimum absolute atomic E-state index is 0.0272. The number of benzene rings is 2. The second-order valence-electron chi connectivity index (χ2n) is 8.30. The zero-order valence-electron chi connectivity index (χ0n) is 17.9. The number of para-hydroxylation sites is 2. The molecule has 0 spiro atoms. The molecule has 5 rings (SSSR count). The molecule has 2 aromatic carbocycles. The summed E-state index contributed by atoms with van der Waals surface area (Å²) in [4.78, 5) is 31.6. The maximum atomic E-state index is 13.0. The summed E-state index contributed by atoms with van der Waals surface area (Å²) >= 11 is 0. The van der Waals surface area contributed by atoms with E-state index < -0.39 is 5.76 Å². The number of hydrogen-bond acceptors (Lipinski definition) is 6. The molecule has 1 atom stereocenters. The normalized spacial score (nSPS) is 16.5. The van der Waals surface area contributed by atoms with Crippen LogP contribution < -0.4 is 5.76 Å². The Balaban J connectivity index is 1.26. The first-order chi connectivity index (χ1) is 15.6. The van der Waals surface area contributed by atoms with Gasteiger partial charge in [0.15, 0.2) is 5.58 Å². The summed E-state index contributed by atoms with van der Waals surface area (Å²) in [5.74, 6) is 0.806. The van der Waals surface area contributed by atoms with Crippen LogP contribution in [0.1, 0.15) is 24.3 Å². The predicted octanol–water partition coefficient (Wildman–Crippen LogP) is 3.43. The van der Waals surface area contributed by atoms with Gasteiger partial charge < -0.3 is 13.8 Å². The summed E-state index contributed by atoms with van der Waals surface area (Å²) in [5, 5.41) is 4.14. The number of fused-ring (bicyclic) bond motifs is 1. The van der Waals surface area contributed by atoms with Crippen LogP contribution in [-0.2, 0) is 17.8 Å². The van der Waals surface area contributed by atoms with Crippen molar-refractivity contribution in [3.63, 3.8) is 0 Å². The third-order valence-electron chi connectivity index (χ3n) is 6.06. The first-order valence-corrected chi connectivity index (χ1v) is 10.8. The highest BCUT2D eigenvalue weighted by Crippen LogP contribution is 2.24. The SMILES string of the molecule is Cc1ccccc1-c1noc(C[C@H]2CCCN(C(=O)Cn3c(=O)oc4ccccc43)C2)n1. The lowest BCUT2D eigenvalue weighted by molar-refractivity contribution is -0.133. The molecule has 0 radical (unpaired) electrons. The van der Waals surface area contributed by atoms with Crippen LogP contribution in [0.2, 0.25) is 0 Å². The molecule has 0 unspecified atom stereocenters. The molecule has 3 heterocycles. The van der Waals surface area contributed by atoms with Crippen molar-refractivity contribution < 1.29 is 13.7 Å². The highest BCUT2D eigenvalue weighted by atomic mass is 16.5. The number of aromatic nitrogens is 3. The van der Waals surface area contributed by atoms with Crippen LogP contribution >= 0.6 is 0 Å². The summed E-state index contributed by atoms with van der Waals surface area (Å²) in [6.07, 6.45) is 2.51. The largest absolute Gasteiger partial charge is 0.420 e. The third kappa shape index (κ3) is 3.95. The van der Waals surface area contributed by atoms with Gasteiger partial charge in [-0.3, -0.25) is 9.36 Å². The van der Waals surface area contributed by atoms with E-state index in [0.717, 1.165) is 24.0 Å². The molecule has 1 fully saturated rings. The number of hydrogen-bond donors (Lipinski definition) is 0. The van der Waals surface area contributed by atoms with Crippen molar-refractivity contribution in [2.24, 2.45) is 5.92 Å². The average molecular weight is 432 g/mol. The lowest BCUT2D eigenvalue weighted by Gasteiger charge is -2.32. The number of rotatable bonds is 5. The van der Waals surface area contributed by atoms with Gasteiger partial charge in [-0.05, 0) is 43.4 Å². The average Bonchev–Trinajstić information content (AvgIpc) is 3.38. The number of carbonyl (C=O) groups is 1. The fraction of sp³-hybridized carbons (Fsp3) is 0.333. The van der Waals surface area contributed by atoms with Crippen molar-refractivity contribution in [2.45, 2.75) is 32.7 Å². The van der Waals surface area contributed by atoms with E-state index >= 15 is 0 Å². The van der Waals surface area contributed by atoms with Crippen molar-refractivity contribution >= 4 is 17.0 Å². The van der Waals surface area contributed by atoms with Gasteiger partial charge in [-0.2, -0.15) is 4.98 Å². The molecule has 0 N–H and O–H groups in total. The maximum Gasteiger partial charge on any atom is 0.420 e. The Morgan fingerprint density at radius 3 is 2.84 bits per heavy atom. The Labute approximate surface area is 184 Å². The maximum absolute atomic E-state index is 13.0. The van der Waals surface area contributed by atoms with E-state index in [1.807, 2.05) is 42.2 Å². The molecule has 1 amide bonds. The van der Waals surface area contributed by atoms with Gasteiger partial charge in [0.1, 0.15) is 6.54 Å². The van der Waals surface area contributed by atoms with Crippen molar-refractivity contribution in [1.82, 2.24) is 19.6 Å². The Morgan fingerprint density at radius 2 is 1.97 bits per heavy atom. The zero-order valence-corrected chi connectivity index (χ0v) is 17.9. The highest BCUT2D eigenvalue weighted by Gasteiger charge is 2.26. The molecule has 1 saturated heterocycles. The van der Waals surface area contributed by atoms with Crippen LogP contribution in [0, 0.1) is 12.8 Å². The van der Waals surface area contributed by atoms with Gasteiger partial charge in [0.25, 0.3) is 0 Å². The molecule has 4 aromatic rings. The zero-order chi connectivity index (χ0) is 22.1. The standard InChI is InChI=1S/C24H24N4O4/c1-16-7-2-3-9-18(16)23-25-21(32-26-23)13-17-8-6-12-27(14-17)22(29)15-28-19-10-4-5-11-20(19)31-24(28)30/h2-5,7,9-11,17H,6,8,12-15H2,1H3/t17-/m1/s1.